The molecule has 2 nitrogen and oxygen atoms in total. The maximum atomic E-state index is 9.05. The molecule has 0 aliphatic heterocycles. The molecule has 0 fully saturated rings. The van der Waals surface area contributed by atoms with Gasteiger partial charge in [-0.15, -0.1) is 0 Å². The lowest BCUT2D eigenvalue weighted by atomic mass is 10.1. The molecule has 0 aromatic heterocycles. The van der Waals surface area contributed by atoms with Crippen LogP contribution >= 0.6 is 0 Å². The summed E-state index contributed by atoms with van der Waals surface area (Å²) in [5, 5.41) is 9.05. The van der Waals surface area contributed by atoms with Crippen molar-refractivity contribution >= 4 is 0 Å². The fraction of sp³-hybridized carbons (Fsp3) is 1.00. The van der Waals surface area contributed by atoms with E-state index >= 15 is 0 Å². The second-order valence-corrected chi connectivity index (χ2v) is 3.10. The van der Waals surface area contributed by atoms with Gasteiger partial charge in [0.25, 0.3) is 0 Å². The van der Waals surface area contributed by atoms with Crippen LogP contribution in [0.1, 0.15) is 27.7 Å². The van der Waals surface area contributed by atoms with Crippen LogP contribution in [-0.2, 0) is 4.74 Å². The summed E-state index contributed by atoms with van der Waals surface area (Å²) < 4.78 is 5.30. The molecule has 0 heterocycles. The Hall–Kier alpha value is -0.0800. The van der Waals surface area contributed by atoms with Crippen LogP contribution in [0.25, 0.3) is 0 Å². The summed E-state index contributed by atoms with van der Waals surface area (Å²) in [5.41, 5.74) is 0. The Bertz CT molecular complexity index is 79.3. The molecular weight excluding hydrogens is 128 g/mol. The first-order valence-electron chi connectivity index (χ1n) is 3.83. The molecule has 0 aliphatic carbocycles. The van der Waals surface area contributed by atoms with Crippen LogP contribution in [0.2, 0.25) is 0 Å². The molecule has 10 heavy (non-hydrogen) atoms. The van der Waals surface area contributed by atoms with Crippen molar-refractivity contribution < 1.29 is 9.84 Å². The maximum Gasteiger partial charge on any atom is 0.0559 e. The van der Waals surface area contributed by atoms with Crippen molar-refractivity contribution in [1.29, 1.82) is 0 Å². The zero-order valence-electron chi connectivity index (χ0n) is 7.29. The molecule has 62 valence electrons. The second kappa shape index (κ2) is 4.69. The molecule has 1 N–H and O–H groups in total. The van der Waals surface area contributed by atoms with Crippen molar-refractivity contribution in [2.24, 2.45) is 5.92 Å². The van der Waals surface area contributed by atoms with Crippen LogP contribution < -0.4 is 0 Å². The summed E-state index contributed by atoms with van der Waals surface area (Å²) in [6.45, 7) is 8.40. The highest BCUT2D eigenvalue weighted by Crippen LogP contribution is 2.03. The highest BCUT2D eigenvalue weighted by Gasteiger charge is 2.08. The van der Waals surface area contributed by atoms with E-state index in [0.29, 0.717) is 6.61 Å². The fourth-order valence-corrected chi connectivity index (χ4v) is 0.483. The normalized spacial score (nSPS) is 17.4. The van der Waals surface area contributed by atoms with E-state index in [-0.39, 0.29) is 18.1 Å². The van der Waals surface area contributed by atoms with Crippen LogP contribution in [-0.4, -0.2) is 23.9 Å². The molecule has 0 aromatic rings. The molecule has 0 saturated carbocycles. The van der Waals surface area contributed by atoms with Crippen molar-refractivity contribution in [3.8, 4) is 0 Å². The average Bonchev–Trinajstić information content (AvgIpc) is 1.82. The van der Waals surface area contributed by atoms with Crippen LogP contribution in [0.5, 0.6) is 0 Å². The molecule has 0 aromatic carbocycles. The summed E-state index contributed by atoms with van der Waals surface area (Å²) in [7, 11) is 0. The predicted molar refractivity (Wildman–Crippen MR) is 41.9 cm³/mol. The van der Waals surface area contributed by atoms with E-state index in [1.807, 2.05) is 20.8 Å². The van der Waals surface area contributed by atoms with Gasteiger partial charge in [0, 0.05) is 5.92 Å². The largest absolute Gasteiger partial charge is 0.393 e. The molecule has 0 saturated heterocycles. The van der Waals surface area contributed by atoms with Gasteiger partial charge in [0.15, 0.2) is 0 Å². The molecule has 2 heteroatoms. The van der Waals surface area contributed by atoms with E-state index in [0.717, 1.165) is 0 Å². The van der Waals surface area contributed by atoms with Crippen molar-refractivity contribution in [2.45, 2.75) is 39.9 Å². The Balaban J connectivity index is 3.30. The molecule has 0 spiro atoms. The van der Waals surface area contributed by atoms with Gasteiger partial charge in [0.2, 0.25) is 0 Å². The summed E-state index contributed by atoms with van der Waals surface area (Å²) in [6.07, 6.45) is -0.0000463. The highest BCUT2D eigenvalue weighted by atomic mass is 16.5. The Morgan fingerprint density at radius 3 is 2.00 bits per heavy atom. The number of aliphatic hydroxyl groups excluding tert-OH is 1. The minimum Gasteiger partial charge on any atom is -0.393 e. The van der Waals surface area contributed by atoms with Gasteiger partial charge in [-0.1, -0.05) is 6.92 Å². The first kappa shape index (κ1) is 9.92. The topological polar surface area (TPSA) is 29.5 Å². The van der Waals surface area contributed by atoms with E-state index in [1.165, 1.54) is 0 Å². The summed E-state index contributed by atoms with van der Waals surface area (Å²) in [6, 6.07) is 0. The van der Waals surface area contributed by atoms with E-state index in [4.69, 9.17) is 9.84 Å². The zero-order valence-corrected chi connectivity index (χ0v) is 7.29. The predicted octanol–water partition coefficient (Wildman–Crippen LogP) is 1.43. The van der Waals surface area contributed by atoms with Gasteiger partial charge < -0.3 is 9.84 Å². The van der Waals surface area contributed by atoms with Gasteiger partial charge in [0.1, 0.15) is 0 Å². The van der Waals surface area contributed by atoms with Crippen LogP contribution in [0.15, 0.2) is 0 Å². The van der Waals surface area contributed by atoms with Crippen molar-refractivity contribution in [3.63, 3.8) is 0 Å². The van der Waals surface area contributed by atoms with Crippen molar-refractivity contribution in [3.05, 3.63) is 0 Å². The minimum absolute atomic E-state index is 0.238. The van der Waals surface area contributed by atoms with E-state index in [1.54, 1.807) is 6.92 Å². The van der Waals surface area contributed by atoms with Gasteiger partial charge in [-0.25, -0.2) is 0 Å². The number of aliphatic hydroxyl groups is 1. The quantitative estimate of drug-likeness (QED) is 0.650. The Labute approximate surface area is 63.2 Å². The number of hydrogen-bond donors (Lipinski definition) is 1. The van der Waals surface area contributed by atoms with Crippen LogP contribution in [0.4, 0.5) is 0 Å². The lowest BCUT2D eigenvalue weighted by Crippen LogP contribution is -2.20. The van der Waals surface area contributed by atoms with Gasteiger partial charge in [-0.3, -0.25) is 0 Å². The highest BCUT2D eigenvalue weighted by molar-refractivity contribution is 4.57. The molecule has 0 amide bonds. The monoisotopic (exact) mass is 146 g/mol. The summed E-state index contributed by atoms with van der Waals surface area (Å²) >= 11 is 0. The van der Waals surface area contributed by atoms with E-state index < -0.39 is 0 Å². The van der Waals surface area contributed by atoms with Crippen LogP contribution in [0, 0.1) is 5.92 Å². The van der Waals surface area contributed by atoms with Gasteiger partial charge >= 0.3 is 0 Å². The molecular formula is C8H18O2. The minimum atomic E-state index is -0.265. The third-order valence-corrected chi connectivity index (χ3v) is 1.52. The average molecular weight is 146 g/mol. The second-order valence-electron chi connectivity index (χ2n) is 3.10. The molecule has 2 atom stereocenters. The Morgan fingerprint density at radius 1 is 1.20 bits per heavy atom. The maximum absolute atomic E-state index is 9.05. The molecule has 0 bridgehead atoms. The Kier molecular flexibility index (Phi) is 4.65. The SMILES string of the molecule is CC(C)OCC(C)C(C)O. The molecule has 2 unspecified atom stereocenters. The van der Waals surface area contributed by atoms with Crippen molar-refractivity contribution in [2.75, 3.05) is 6.61 Å². The number of ether oxygens (including phenoxy) is 1. The lowest BCUT2D eigenvalue weighted by molar-refractivity contribution is 0.0151. The first-order chi connectivity index (χ1) is 4.54. The third kappa shape index (κ3) is 4.77. The van der Waals surface area contributed by atoms with Gasteiger partial charge in [-0.2, -0.15) is 0 Å². The summed E-state index contributed by atoms with van der Waals surface area (Å²) in [5.74, 6) is 0.238. The third-order valence-electron chi connectivity index (χ3n) is 1.52. The first-order valence-corrected chi connectivity index (χ1v) is 3.83. The van der Waals surface area contributed by atoms with Gasteiger partial charge in [-0.05, 0) is 20.8 Å². The fourth-order valence-electron chi connectivity index (χ4n) is 0.483. The lowest BCUT2D eigenvalue weighted by Gasteiger charge is -2.16. The molecule has 0 radical (unpaired) electrons. The number of rotatable bonds is 4. The molecule has 0 aliphatic rings. The molecule has 0 rings (SSSR count). The standard InChI is InChI=1S/C8H18O2/c1-6(2)10-5-7(3)8(4)9/h6-9H,5H2,1-4H3. The van der Waals surface area contributed by atoms with Crippen LogP contribution in [0.3, 0.4) is 0 Å². The van der Waals surface area contributed by atoms with Gasteiger partial charge in [0.05, 0.1) is 18.8 Å². The zero-order chi connectivity index (χ0) is 8.15. The van der Waals surface area contributed by atoms with E-state index in [9.17, 15) is 0 Å². The van der Waals surface area contributed by atoms with E-state index in [2.05, 4.69) is 0 Å². The Morgan fingerprint density at radius 2 is 1.70 bits per heavy atom. The van der Waals surface area contributed by atoms with Crippen molar-refractivity contribution in [1.82, 2.24) is 0 Å². The smallest absolute Gasteiger partial charge is 0.0559 e. The number of hydrogen-bond acceptors (Lipinski definition) is 2. The summed E-state index contributed by atoms with van der Waals surface area (Å²) in [4.78, 5) is 0.